The molecule has 0 aliphatic heterocycles. The number of amides is 1. The minimum Gasteiger partial charge on any atom is -0.355 e. The average Bonchev–Trinajstić information content (AvgIpc) is 2.62. The average molecular weight is 362 g/mol. The second-order valence-electron chi connectivity index (χ2n) is 5.67. The topological polar surface area (TPSA) is 29.1 Å². The smallest absolute Gasteiger partial charge is 0.220 e. The molecule has 0 aliphatic carbocycles. The van der Waals surface area contributed by atoms with Gasteiger partial charge in [0.25, 0.3) is 0 Å². The van der Waals surface area contributed by atoms with E-state index in [0.29, 0.717) is 18.7 Å². The van der Waals surface area contributed by atoms with E-state index < -0.39 is 0 Å². The van der Waals surface area contributed by atoms with Crippen LogP contribution in [0.1, 0.15) is 58.3 Å². The van der Waals surface area contributed by atoms with Crippen LogP contribution in [0.3, 0.4) is 0 Å². The van der Waals surface area contributed by atoms with Gasteiger partial charge in [0.2, 0.25) is 5.91 Å². The highest BCUT2D eigenvalue weighted by atomic mass is 32.1. The van der Waals surface area contributed by atoms with E-state index >= 15 is 0 Å². The predicted octanol–water partition coefficient (Wildman–Crippen LogP) is 5.95. The molecule has 0 atom stereocenters. The molecule has 0 aromatic rings. The molecule has 0 aromatic heterocycles. The predicted molar refractivity (Wildman–Crippen MR) is 115 cm³/mol. The van der Waals surface area contributed by atoms with Crippen LogP contribution in [0, 0.1) is 0 Å². The van der Waals surface area contributed by atoms with Crippen molar-refractivity contribution in [2.45, 2.75) is 58.3 Å². The van der Waals surface area contributed by atoms with Crippen LogP contribution in [0.2, 0.25) is 0 Å². The van der Waals surface area contributed by atoms with E-state index in [4.69, 9.17) is 0 Å². The lowest BCUT2D eigenvalue weighted by molar-refractivity contribution is -0.121. The summed E-state index contributed by atoms with van der Waals surface area (Å²) in [4.78, 5) is 11.4. The zero-order valence-electron chi connectivity index (χ0n) is 15.7. The van der Waals surface area contributed by atoms with Crippen LogP contribution < -0.4 is 5.32 Å². The number of allylic oxidation sites excluding steroid dienone is 10. The van der Waals surface area contributed by atoms with Crippen molar-refractivity contribution in [1.29, 1.82) is 0 Å². The maximum Gasteiger partial charge on any atom is 0.220 e. The first kappa shape index (κ1) is 23.5. The van der Waals surface area contributed by atoms with Crippen molar-refractivity contribution in [3.05, 3.63) is 60.8 Å². The van der Waals surface area contributed by atoms with Gasteiger partial charge in [-0.3, -0.25) is 4.79 Å². The maximum atomic E-state index is 11.4. The number of unbranched alkanes of at least 4 members (excludes halogenated alkanes) is 1. The fourth-order valence-electron chi connectivity index (χ4n) is 2.03. The molecule has 0 unspecified atom stereocenters. The second kappa shape index (κ2) is 20.6. The first-order valence-electron chi connectivity index (χ1n) is 9.43. The fourth-order valence-corrected chi connectivity index (χ4v) is 2.14. The molecule has 25 heavy (non-hydrogen) atoms. The Bertz CT molecular complexity index is 447. The highest BCUT2D eigenvalue weighted by molar-refractivity contribution is 7.80. The number of carbonyl (C=O) groups excluding carboxylic acids is 1. The van der Waals surface area contributed by atoms with Crippen molar-refractivity contribution < 1.29 is 4.79 Å². The van der Waals surface area contributed by atoms with Crippen molar-refractivity contribution in [2.24, 2.45) is 0 Å². The summed E-state index contributed by atoms with van der Waals surface area (Å²) < 4.78 is 0. The molecule has 140 valence electrons. The van der Waals surface area contributed by atoms with Gasteiger partial charge in [-0.25, -0.2) is 0 Å². The van der Waals surface area contributed by atoms with Crippen LogP contribution in [0.25, 0.3) is 0 Å². The summed E-state index contributed by atoms with van der Waals surface area (Å²) in [7, 11) is 0. The molecule has 0 rings (SSSR count). The minimum atomic E-state index is 0.126. The molecule has 0 heterocycles. The third-order valence-corrected chi connectivity index (χ3v) is 3.59. The van der Waals surface area contributed by atoms with E-state index in [1.165, 1.54) is 0 Å². The van der Waals surface area contributed by atoms with Crippen molar-refractivity contribution in [1.82, 2.24) is 5.32 Å². The van der Waals surface area contributed by atoms with Crippen LogP contribution in [-0.2, 0) is 4.79 Å². The Kier molecular flexibility index (Phi) is 19.3. The molecule has 0 saturated heterocycles. The van der Waals surface area contributed by atoms with Crippen LogP contribution in [-0.4, -0.2) is 18.2 Å². The second-order valence-corrected chi connectivity index (χ2v) is 6.12. The zero-order valence-corrected chi connectivity index (χ0v) is 16.6. The number of carbonyl (C=O) groups is 1. The van der Waals surface area contributed by atoms with E-state index in [-0.39, 0.29) is 5.91 Å². The lowest BCUT2D eigenvalue weighted by Gasteiger charge is -2.00. The van der Waals surface area contributed by atoms with Crippen LogP contribution in [0.15, 0.2) is 60.8 Å². The van der Waals surface area contributed by atoms with Gasteiger partial charge >= 0.3 is 0 Å². The third-order valence-electron chi connectivity index (χ3n) is 3.37. The first-order valence-corrected chi connectivity index (χ1v) is 10.1. The van der Waals surface area contributed by atoms with Crippen molar-refractivity contribution in [2.75, 3.05) is 12.3 Å². The Labute approximate surface area is 160 Å². The number of rotatable bonds is 15. The summed E-state index contributed by atoms with van der Waals surface area (Å²) in [5.41, 5.74) is 0. The standard InChI is InChI=1S/C22H35NOS/c1-2-3-4-5-6-7-8-9-10-11-12-13-14-15-16-17-18-19-22(24)23-20-21-25/h3-4,6-7,9-10,12-13,15-16,25H,2,5,8,11,14,17-21H2,1H3,(H,23,24). The van der Waals surface area contributed by atoms with Crippen LogP contribution >= 0.6 is 12.6 Å². The molecular weight excluding hydrogens is 326 g/mol. The van der Waals surface area contributed by atoms with Gasteiger partial charge in [0.1, 0.15) is 0 Å². The number of thiol groups is 1. The molecule has 0 aromatic carbocycles. The Hall–Kier alpha value is -1.48. The molecule has 0 bridgehead atoms. The summed E-state index contributed by atoms with van der Waals surface area (Å²) >= 11 is 4.06. The molecule has 0 fully saturated rings. The molecule has 0 saturated carbocycles. The third kappa shape index (κ3) is 20.5. The van der Waals surface area contributed by atoms with Gasteiger partial charge in [0, 0.05) is 18.7 Å². The van der Waals surface area contributed by atoms with Gasteiger partial charge < -0.3 is 5.32 Å². The lowest BCUT2D eigenvalue weighted by Crippen LogP contribution is -2.24. The van der Waals surface area contributed by atoms with E-state index in [2.05, 4.69) is 85.6 Å². The van der Waals surface area contributed by atoms with Crippen LogP contribution in [0.4, 0.5) is 0 Å². The Morgan fingerprint density at radius 3 is 1.76 bits per heavy atom. The molecular formula is C22H35NOS. The molecule has 1 amide bonds. The Morgan fingerprint density at radius 2 is 1.28 bits per heavy atom. The number of hydrogen-bond donors (Lipinski definition) is 2. The minimum absolute atomic E-state index is 0.126. The monoisotopic (exact) mass is 361 g/mol. The van der Waals surface area contributed by atoms with Crippen molar-refractivity contribution in [3.63, 3.8) is 0 Å². The Morgan fingerprint density at radius 1 is 0.800 bits per heavy atom. The molecule has 0 radical (unpaired) electrons. The van der Waals surface area contributed by atoms with Gasteiger partial charge in [-0.15, -0.1) is 0 Å². The van der Waals surface area contributed by atoms with Gasteiger partial charge in [-0.05, 0) is 44.9 Å². The molecule has 1 N–H and O–H groups in total. The summed E-state index contributed by atoms with van der Waals surface area (Å²) in [5.74, 6) is 0.821. The molecule has 2 nitrogen and oxygen atoms in total. The Balaban J connectivity index is 3.49. The summed E-state index contributed by atoms with van der Waals surface area (Å²) in [6, 6.07) is 0. The molecule has 0 spiro atoms. The van der Waals surface area contributed by atoms with E-state index in [1.54, 1.807) is 0 Å². The number of nitrogens with one attached hydrogen (secondary N) is 1. The van der Waals surface area contributed by atoms with E-state index in [9.17, 15) is 4.79 Å². The zero-order chi connectivity index (χ0) is 18.4. The van der Waals surface area contributed by atoms with Gasteiger partial charge in [-0.1, -0.05) is 67.7 Å². The van der Waals surface area contributed by atoms with Gasteiger partial charge in [-0.2, -0.15) is 12.6 Å². The lowest BCUT2D eigenvalue weighted by atomic mass is 10.2. The number of hydrogen-bond acceptors (Lipinski definition) is 2. The van der Waals surface area contributed by atoms with Crippen molar-refractivity contribution in [3.8, 4) is 0 Å². The van der Waals surface area contributed by atoms with Crippen LogP contribution in [0.5, 0.6) is 0 Å². The highest BCUT2D eigenvalue weighted by Gasteiger charge is 1.97. The maximum absolute atomic E-state index is 11.4. The first-order chi connectivity index (χ1) is 12.3. The fraction of sp³-hybridized carbons (Fsp3) is 0.500. The van der Waals surface area contributed by atoms with Crippen molar-refractivity contribution >= 4 is 18.5 Å². The van der Waals surface area contributed by atoms with Gasteiger partial charge in [0.15, 0.2) is 0 Å². The molecule has 3 heteroatoms. The largest absolute Gasteiger partial charge is 0.355 e. The van der Waals surface area contributed by atoms with E-state index in [0.717, 1.165) is 44.9 Å². The highest BCUT2D eigenvalue weighted by Crippen LogP contribution is 1.99. The summed E-state index contributed by atoms with van der Waals surface area (Å²) in [5, 5.41) is 2.82. The summed E-state index contributed by atoms with van der Waals surface area (Å²) in [6.07, 6.45) is 29.5. The molecule has 0 aliphatic rings. The summed E-state index contributed by atoms with van der Waals surface area (Å²) in [6.45, 7) is 2.81. The van der Waals surface area contributed by atoms with Gasteiger partial charge in [0.05, 0.1) is 0 Å². The SMILES string of the molecule is CCC=CCC=CCC=CCC=CCC=CCCCC(=O)NCCS. The quantitative estimate of drug-likeness (QED) is 0.210. The van der Waals surface area contributed by atoms with E-state index in [1.807, 2.05) is 0 Å². The normalized spacial score (nSPS) is 12.6.